The zero-order valence-corrected chi connectivity index (χ0v) is 20.1. The van der Waals surface area contributed by atoms with E-state index < -0.39 is 0 Å². The van der Waals surface area contributed by atoms with Crippen LogP contribution >= 0.6 is 11.6 Å². The third-order valence-electron chi connectivity index (χ3n) is 5.94. The van der Waals surface area contributed by atoms with Crippen molar-refractivity contribution >= 4 is 23.4 Å². The maximum atomic E-state index is 13.4. The van der Waals surface area contributed by atoms with Crippen molar-refractivity contribution in [2.75, 3.05) is 47.4 Å². The van der Waals surface area contributed by atoms with Gasteiger partial charge in [0, 0.05) is 43.7 Å². The zero-order chi connectivity index (χ0) is 24.0. The molecule has 0 bridgehead atoms. The molecule has 1 fully saturated rings. The molecule has 0 aliphatic carbocycles. The topological polar surface area (TPSA) is 53.1 Å². The van der Waals surface area contributed by atoms with Crippen LogP contribution in [-0.2, 0) is 11.3 Å². The Balaban J connectivity index is 1.65. The van der Waals surface area contributed by atoms with E-state index in [0.29, 0.717) is 55.4 Å². The van der Waals surface area contributed by atoms with Crippen molar-refractivity contribution in [3.63, 3.8) is 0 Å². The zero-order valence-electron chi connectivity index (χ0n) is 19.4. The summed E-state index contributed by atoms with van der Waals surface area (Å²) in [6, 6.07) is 11.2. The SMILES string of the molecule is COc1ccc(Cl)cc1C(=O)N1CCC(C(=O)N(CCN(C)C)Cc2ccc(F)cc2)CC1. The van der Waals surface area contributed by atoms with Crippen LogP contribution in [0.5, 0.6) is 5.75 Å². The normalized spacial score (nSPS) is 14.4. The van der Waals surface area contributed by atoms with Gasteiger partial charge in [-0.2, -0.15) is 0 Å². The Hall–Kier alpha value is -2.64. The number of nitrogens with zero attached hydrogens (tertiary/aromatic N) is 3. The molecule has 8 heteroatoms. The first kappa shape index (κ1) is 25.0. The average molecular weight is 476 g/mol. The van der Waals surface area contributed by atoms with E-state index in [1.54, 1.807) is 35.2 Å². The third-order valence-corrected chi connectivity index (χ3v) is 6.17. The maximum absolute atomic E-state index is 13.4. The number of methoxy groups -OCH3 is 1. The molecule has 0 saturated carbocycles. The molecule has 2 aromatic carbocycles. The van der Waals surface area contributed by atoms with Crippen LogP contribution < -0.4 is 4.74 Å². The number of carbonyl (C=O) groups is 2. The van der Waals surface area contributed by atoms with Gasteiger partial charge in [0.1, 0.15) is 11.6 Å². The van der Waals surface area contributed by atoms with Gasteiger partial charge in [0.2, 0.25) is 5.91 Å². The number of rotatable bonds is 8. The van der Waals surface area contributed by atoms with Gasteiger partial charge in [0.25, 0.3) is 5.91 Å². The van der Waals surface area contributed by atoms with Gasteiger partial charge < -0.3 is 19.4 Å². The lowest BCUT2D eigenvalue weighted by Crippen LogP contribution is -2.45. The Kier molecular flexibility index (Phi) is 8.69. The van der Waals surface area contributed by atoms with Crippen molar-refractivity contribution < 1.29 is 18.7 Å². The summed E-state index contributed by atoms with van der Waals surface area (Å²) < 4.78 is 18.6. The quantitative estimate of drug-likeness (QED) is 0.580. The minimum atomic E-state index is -0.293. The number of piperidine rings is 1. The van der Waals surface area contributed by atoms with Gasteiger partial charge in [-0.25, -0.2) is 4.39 Å². The summed E-state index contributed by atoms with van der Waals surface area (Å²) >= 11 is 6.08. The van der Waals surface area contributed by atoms with Crippen LogP contribution in [0.1, 0.15) is 28.8 Å². The minimum Gasteiger partial charge on any atom is -0.496 e. The molecule has 0 unspecified atom stereocenters. The van der Waals surface area contributed by atoms with Crippen molar-refractivity contribution in [1.82, 2.24) is 14.7 Å². The van der Waals surface area contributed by atoms with Gasteiger partial charge in [0.15, 0.2) is 0 Å². The Morgan fingerprint density at radius 2 is 1.76 bits per heavy atom. The van der Waals surface area contributed by atoms with Crippen LogP contribution in [-0.4, -0.2) is 73.9 Å². The predicted octanol–water partition coefficient (Wildman–Crippen LogP) is 3.93. The number of amides is 2. The summed E-state index contributed by atoms with van der Waals surface area (Å²) in [4.78, 5) is 32.0. The number of carbonyl (C=O) groups excluding carboxylic acids is 2. The summed E-state index contributed by atoms with van der Waals surface area (Å²) in [6.07, 6.45) is 1.19. The van der Waals surface area contributed by atoms with E-state index in [-0.39, 0.29) is 23.5 Å². The van der Waals surface area contributed by atoms with E-state index in [0.717, 1.165) is 12.1 Å². The molecular weight excluding hydrogens is 445 g/mol. The average Bonchev–Trinajstić information content (AvgIpc) is 2.82. The fraction of sp³-hybridized carbons (Fsp3) is 0.440. The lowest BCUT2D eigenvalue weighted by atomic mass is 9.94. The molecule has 0 spiro atoms. The summed E-state index contributed by atoms with van der Waals surface area (Å²) in [5.74, 6) is -0.0300. The predicted molar refractivity (Wildman–Crippen MR) is 127 cm³/mol. The van der Waals surface area contributed by atoms with E-state index in [1.807, 2.05) is 23.9 Å². The first-order chi connectivity index (χ1) is 15.8. The molecule has 6 nitrogen and oxygen atoms in total. The molecule has 1 aliphatic rings. The van der Waals surface area contributed by atoms with Gasteiger partial charge in [-0.1, -0.05) is 23.7 Å². The molecule has 0 atom stereocenters. The van der Waals surface area contributed by atoms with Crippen molar-refractivity contribution in [2.45, 2.75) is 19.4 Å². The summed E-state index contributed by atoms with van der Waals surface area (Å²) in [6.45, 7) is 2.73. The number of hydrogen-bond acceptors (Lipinski definition) is 4. The smallest absolute Gasteiger partial charge is 0.257 e. The second-order valence-corrected chi connectivity index (χ2v) is 9.04. The van der Waals surface area contributed by atoms with E-state index in [1.165, 1.54) is 19.2 Å². The van der Waals surface area contributed by atoms with Crippen LogP contribution in [0.2, 0.25) is 5.02 Å². The molecule has 2 amide bonds. The molecule has 178 valence electrons. The van der Waals surface area contributed by atoms with Gasteiger partial charge >= 0.3 is 0 Å². The largest absolute Gasteiger partial charge is 0.496 e. The number of benzene rings is 2. The molecule has 2 aromatic rings. The van der Waals surface area contributed by atoms with E-state index in [2.05, 4.69) is 0 Å². The summed E-state index contributed by atoms with van der Waals surface area (Å²) in [5.41, 5.74) is 1.32. The lowest BCUT2D eigenvalue weighted by Gasteiger charge is -2.35. The maximum Gasteiger partial charge on any atom is 0.257 e. The van der Waals surface area contributed by atoms with Crippen LogP contribution in [0, 0.1) is 11.7 Å². The fourth-order valence-corrected chi connectivity index (χ4v) is 4.18. The second-order valence-electron chi connectivity index (χ2n) is 8.60. The highest BCUT2D eigenvalue weighted by atomic mass is 35.5. The molecule has 33 heavy (non-hydrogen) atoms. The van der Waals surface area contributed by atoms with Crippen molar-refractivity contribution in [3.05, 3.63) is 64.4 Å². The molecule has 0 radical (unpaired) electrons. The number of ether oxygens (including phenoxy) is 1. The standard InChI is InChI=1S/C25H31ClFN3O3/c1-28(2)14-15-30(17-18-4-7-21(27)8-5-18)24(31)19-10-12-29(13-11-19)25(32)22-16-20(26)6-9-23(22)33-3/h4-9,16,19H,10-15,17H2,1-3H3. The fourth-order valence-electron chi connectivity index (χ4n) is 4.00. The Morgan fingerprint density at radius 1 is 1.09 bits per heavy atom. The van der Waals surface area contributed by atoms with Crippen molar-refractivity contribution in [1.29, 1.82) is 0 Å². The van der Waals surface area contributed by atoms with E-state index in [9.17, 15) is 14.0 Å². The molecule has 1 saturated heterocycles. The second kappa shape index (κ2) is 11.5. The van der Waals surface area contributed by atoms with Crippen LogP contribution in [0.4, 0.5) is 4.39 Å². The highest BCUT2D eigenvalue weighted by Crippen LogP contribution is 2.27. The van der Waals surface area contributed by atoms with Gasteiger partial charge in [-0.15, -0.1) is 0 Å². The minimum absolute atomic E-state index is 0.0774. The van der Waals surface area contributed by atoms with Crippen LogP contribution in [0.3, 0.4) is 0 Å². The van der Waals surface area contributed by atoms with Gasteiger partial charge in [-0.05, 0) is 62.8 Å². The van der Waals surface area contributed by atoms with Gasteiger partial charge in [0.05, 0.1) is 12.7 Å². The number of likely N-dealkylation sites (N-methyl/N-ethyl adjacent to an activating group) is 1. The van der Waals surface area contributed by atoms with E-state index in [4.69, 9.17) is 16.3 Å². The van der Waals surface area contributed by atoms with Crippen molar-refractivity contribution in [2.24, 2.45) is 5.92 Å². The molecule has 0 aromatic heterocycles. The molecule has 1 aliphatic heterocycles. The summed E-state index contributed by atoms with van der Waals surface area (Å²) in [5, 5.41) is 0.474. The Labute approximate surface area is 199 Å². The Morgan fingerprint density at radius 3 is 2.36 bits per heavy atom. The number of halogens is 2. The number of hydrogen-bond donors (Lipinski definition) is 0. The van der Waals surface area contributed by atoms with Crippen molar-refractivity contribution in [3.8, 4) is 5.75 Å². The molecular formula is C25H31ClFN3O3. The molecule has 3 rings (SSSR count). The Bertz CT molecular complexity index is 960. The monoisotopic (exact) mass is 475 g/mol. The van der Waals surface area contributed by atoms with E-state index >= 15 is 0 Å². The highest BCUT2D eigenvalue weighted by Gasteiger charge is 2.31. The third kappa shape index (κ3) is 6.68. The highest BCUT2D eigenvalue weighted by molar-refractivity contribution is 6.31. The molecule has 0 N–H and O–H groups in total. The van der Waals surface area contributed by atoms with Crippen LogP contribution in [0.15, 0.2) is 42.5 Å². The first-order valence-electron chi connectivity index (χ1n) is 11.1. The van der Waals surface area contributed by atoms with Gasteiger partial charge in [-0.3, -0.25) is 9.59 Å². The number of likely N-dealkylation sites (tertiary alicyclic amines) is 1. The lowest BCUT2D eigenvalue weighted by molar-refractivity contribution is -0.137. The first-order valence-corrected chi connectivity index (χ1v) is 11.5. The van der Waals surface area contributed by atoms with Crippen LogP contribution in [0.25, 0.3) is 0 Å². The summed E-state index contributed by atoms with van der Waals surface area (Å²) in [7, 11) is 5.46. The molecule has 1 heterocycles.